The van der Waals surface area contributed by atoms with Crippen LogP contribution in [0.3, 0.4) is 0 Å². The molecular formula is C19H20F3NO2S. The molecule has 2 aromatic rings. The molecule has 1 heterocycles. The van der Waals surface area contributed by atoms with Gasteiger partial charge in [-0.15, -0.1) is 0 Å². The Morgan fingerprint density at radius 3 is 2.23 bits per heavy atom. The van der Waals surface area contributed by atoms with Crippen molar-refractivity contribution in [2.75, 3.05) is 6.26 Å². The summed E-state index contributed by atoms with van der Waals surface area (Å²) in [6.45, 7) is 0. The quantitative estimate of drug-likeness (QED) is 0.731. The van der Waals surface area contributed by atoms with Gasteiger partial charge in [0.2, 0.25) is 0 Å². The van der Waals surface area contributed by atoms with Gasteiger partial charge in [-0.05, 0) is 54.0 Å². The van der Waals surface area contributed by atoms with E-state index in [0.717, 1.165) is 42.7 Å². The second-order valence-electron chi connectivity index (χ2n) is 6.97. The van der Waals surface area contributed by atoms with Crippen LogP contribution in [0.4, 0.5) is 13.2 Å². The molecule has 1 unspecified atom stereocenters. The highest BCUT2D eigenvalue weighted by atomic mass is 32.2. The van der Waals surface area contributed by atoms with Crippen LogP contribution in [0.1, 0.15) is 42.0 Å². The largest absolute Gasteiger partial charge is 0.433 e. The molecule has 1 aromatic heterocycles. The summed E-state index contributed by atoms with van der Waals surface area (Å²) in [6.07, 6.45) is 1.89. The Morgan fingerprint density at radius 1 is 1.12 bits per heavy atom. The lowest BCUT2D eigenvalue weighted by molar-refractivity contribution is -0.141. The van der Waals surface area contributed by atoms with Gasteiger partial charge >= 0.3 is 6.18 Å². The molecule has 0 bridgehead atoms. The second kappa shape index (κ2) is 7.02. The van der Waals surface area contributed by atoms with Gasteiger partial charge in [0, 0.05) is 12.5 Å². The highest BCUT2D eigenvalue weighted by molar-refractivity contribution is 7.90. The molecule has 0 aliphatic heterocycles. The normalized spacial score (nSPS) is 16.5. The van der Waals surface area contributed by atoms with E-state index >= 15 is 0 Å². The number of sulfone groups is 1. The molecule has 0 N–H and O–H groups in total. The van der Waals surface area contributed by atoms with Crippen LogP contribution in [0, 0.1) is 5.92 Å². The van der Waals surface area contributed by atoms with Gasteiger partial charge in [0.15, 0.2) is 9.84 Å². The van der Waals surface area contributed by atoms with Crippen LogP contribution in [0.5, 0.6) is 0 Å². The molecule has 140 valence electrons. The average molecular weight is 383 g/mol. The lowest BCUT2D eigenvalue weighted by atomic mass is 9.88. The molecule has 1 atom stereocenters. The Morgan fingerprint density at radius 2 is 1.77 bits per heavy atom. The monoisotopic (exact) mass is 383 g/mol. The van der Waals surface area contributed by atoms with Crippen molar-refractivity contribution < 1.29 is 21.6 Å². The molecule has 0 amide bonds. The number of benzene rings is 1. The number of alkyl halides is 3. The summed E-state index contributed by atoms with van der Waals surface area (Å²) >= 11 is 0. The molecule has 0 radical (unpaired) electrons. The molecule has 1 aliphatic carbocycles. The van der Waals surface area contributed by atoms with Gasteiger partial charge in [-0.1, -0.05) is 31.0 Å². The second-order valence-corrected chi connectivity index (χ2v) is 8.99. The minimum Gasteiger partial charge on any atom is -0.251 e. The molecular weight excluding hydrogens is 363 g/mol. The van der Waals surface area contributed by atoms with Crippen molar-refractivity contribution in [1.82, 2.24) is 4.98 Å². The van der Waals surface area contributed by atoms with Gasteiger partial charge in [-0.2, -0.15) is 13.2 Å². The highest BCUT2D eigenvalue weighted by Gasteiger charge is 2.33. The molecule has 1 aromatic carbocycles. The van der Waals surface area contributed by atoms with Crippen LogP contribution < -0.4 is 0 Å². The molecule has 3 nitrogen and oxygen atoms in total. The van der Waals surface area contributed by atoms with Crippen molar-refractivity contribution in [3.63, 3.8) is 0 Å². The maximum atomic E-state index is 12.7. The first kappa shape index (κ1) is 18.9. The fraction of sp³-hybridized carbons (Fsp3) is 0.421. The Balaban J connectivity index is 1.80. The van der Waals surface area contributed by atoms with E-state index in [1.54, 1.807) is 24.3 Å². The number of aromatic nitrogens is 1. The molecule has 3 rings (SSSR count). The lowest BCUT2D eigenvalue weighted by Gasteiger charge is -2.18. The molecule has 26 heavy (non-hydrogen) atoms. The first-order chi connectivity index (χ1) is 12.1. The molecule has 1 aliphatic rings. The standard InChI is InChI=1S/C19H20F3NO2S/c1-26(24,25)17-7-4-14(5-8-17)11-16(10-13-2-3-13)15-6-9-18(23-12-15)19(20,21)22/h4-9,12-13,16H,2-3,10-11H2,1H3. The molecule has 1 fully saturated rings. The van der Waals surface area contributed by atoms with Gasteiger partial charge in [0.25, 0.3) is 0 Å². The summed E-state index contributed by atoms with van der Waals surface area (Å²) in [4.78, 5) is 3.84. The Labute approximate surface area is 151 Å². The van der Waals surface area contributed by atoms with E-state index in [-0.39, 0.29) is 10.8 Å². The molecule has 7 heteroatoms. The minimum atomic E-state index is -4.44. The van der Waals surface area contributed by atoms with Crippen molar-refractivity contribution in [3.8, 4) is 0 Å². The number of pyridine rings is 1. The van der Waals surface area contributed by atoms with E-state index in [4.69, 9.17) is 0 Å². The topological polar surface area (TPSA) is 47.0 Å². The van der Waals surface area contributed by atoms with Gasteiger partial charge < -0.3 is 0 Å². The zero-order valence-corrected chi connectivity index (χ0v) is 15.1. The molecule has 0 spiro atoms. The molecule has 0 saturated heterocycles. The smallest absolute Gasteiger partial charge is 0.251 e. The Kier molecular flexibility index (Phi) is 5.10. The first-order valence-corrected chi connectivity index (χ1v) is 10.3. The predicted molar refractivity (Wildman–Crippen MR) is 92.6 cm³/mol. The first-order valence-electron chi connectivity index (χ1n) is 8.45. The van der Waals surface area contributed by atoms with Crippen molar-refractivity contribution in [2.45, 2.75) is 42.7 Å². The van der Waals surface area contributed by atoms with Crippen LogP contribution in [0.15, 0.2) is 47.5 Å². The van der Waals surface area contributed by atoms with Gasteiger partial charge in [0.1, 0.15) is 5.69 Å². The van der Waals surface area contributed by atoms with E-state index in [0.29, 0.717) is 12.3 Å². The summed E-state index contributed by atoms with van der Waals surface area (Å²) in [5, 5.41) is 0. The van der Waals surface area contributed by atoms with Crippen LogP contribution in [0.2, 0.25) is 0 Å². The minimum absolute atomic E-state index is 0.0707. The van der Waals surface area contributed by atoms with Gasteiger partial charge in [-0.3, -0.25) is 4.98 Å². The number of hydrogen-bond donors (Lipinski definition) is 0. The number of hydrogen-bond acceptors (Lipinski definition) is 3. The lowest BCUT2D eigenvalue weighted by Crippen LogP contribution is -2.10. The van der Waals surface area contributed by atoms with Crippen molar-refractivity contribution in [2.24, 2.45) is 5.92 Å². The third-order valence-corrected chi connectivity index (χ3v) is 5.83. The van der Waals surface area contributed by atoms with E-state index in [1.807, 2.05) is 0 Å². The fourth-order valence-corrected chi connectivity index (χ4v) is 3.70. The van der Waals surface area contributed by atoms with Gasteiger partial charge in [-0.25, -0.2) is 8.42 Å². The zero-order valence-electron chi connectivity index (χ0n) is 14.3. The van der Waals surface area contributed by atoms with Crippen LogP contribution in [0.25, 0.3) is 0 Å². The van der Waals surface area contributed by atoms with Crippen LogP contribution in [-0.4, -0.2) is 19.7 Å². The SMILES string of the molecule is CS(=O)(=O)c1ccc(CC(CC2CC2)c2ccc(C(F)(F)F)nc2)cc1. The van der Waals surface area contributed by atoms with Gasteiger partial charge in [0.05, 0.1) is 4.90 Å². The van der Waals surface area contributed by atoms with E-state index in [1.165, 1.54) is 12.3 Å². The Bertz CT molecular complexity index is 855. The maximum absolute atomic E-state index is 12.7. The van der Waals surface area contributed by atoms with Crippen molar-refractivity contribution in [3.05, 3.63) is 59.4 Å². The van der Waals surface area contributed by atoms with Crippen molar-refractivity contribution >= 4 is 9.84 Å². The van der Waals surface area contributed by atoms with Crippen LogP contribution in [-0.2, 0) is 22.4 Å². The third-order valence-electron chi connectivity index (χ3n) is 4.70. The summed E-state index contributed by atoms with van der Waals surface area (Å²) in [5.74, 6) is 0.680. The maximum Gasteiger partial charge on any atom is 0.433 e. The summed E-state index contributed by atoms with van der Waals surface area (Å²) in [5.41, 5.74) is 0.865. The number of halogens is 3. The third kappa shape index (κ3) is 4.84. The summed E-state index contributed by atoms with van der Waals surface area (Å²) < 4.78 is 61.2. The van der Waals surface area contributed by atoms with Crippen LogP contribution >= 0.6 is 0 Å². The Hall–Kier alpha value is -1.89. The van der Waals surface area contributed by atoms with E-state index < -0.39 is 21.7 Å². The van der Waals surface area contributed by atoms with Crippen molar-refractivity contribution in [1.29, 1.82) is 0 Å². The van der Waals surface area contributed by atoms with E-state index in [9.17, 15) is 21.6 Å². The predicted octanol–water partition coefficient (Wildman–Crippen LogP) is 4.63. The zero-order chi connectivity index (χ0) is 18.9. The summed E-state index contributed by atoms with van der Waals surface area (Å²) in [6, 6.07) is 9.23. The fourth-order valence-electron chi connectivity index (χ4n) is 3.06. The van der Waals surface area contributed by atoms with E-state index in [2.05, 4.69) is 4.98 Å². The average Bonchev–Trinajstić information content (AvgIpc) is 3.37. The summed E-state index contributed by atoms with van der Waals surface area (Å²) in [7, 11) is -3.24. The number of rotatable bonds is 6. The molecule has 1 saturated carbocycles. The number of nitrogens with zero attached hydrogens (tertiary/aromatic N) is 1. The highest BCUT2D eigenvalue weighted by Crippen LogP contribution is 2.40.